The number of nitrogens with one attached hydrogen (secondary N) is 1. The predicted molar refractivity (Wildman–Crippen MR) is 93.7 cm³/mol. The van der Waals surface area contributed by atoms with Crippen LogP contribution in [0.3, 0.4) is 0 Å². The van der Waals surface area contributed by atoms with Crippen molar-refractivity contribution in [3.8, 4) is 0 Å². The molecule has 1 fully saturated rings. The van der Waals surface area contributed by atoms with Gasteiger partial charge >= 0.3 is 12.1 Å². The van der Waals surface area contributed by atoms with Crippen LogP contribution in [0.4, 0.5) is 18.9 Å². The van der Waals surface area contributed by atoms with Gasteiger partial charge in [0.1, 0.15) is 0 Å². The Bertz CT molecular complexity index is 663. The van der Waals surface area contributed by atoms with Crippen molar-refractivity contribution in [2.75, 3.05) is 18.4 Å². The maximum Gasteiger partial charge on any atom is 0.418 e. The number of hydrogen-bond donors (Lipinski definition) is 2. The van der Waals surface area contributed by atoms with Gasteiger partial charge in [0.25, 0.3) is 0 Å². The molecule has 1 saturated heterocycles. The second-order valence-corrected chi connectivity index (χ2v) is 6.44. The van der Waals surface area contributed by atoms with E-state index in [0.717, 1.165) is 12.1 Å². The van der Waals surface area contributed by atoms with Crippen LogP contribution >= 0.6 is 24.0 Å². The van der Waals surface area contributed by atoms with Crippen molar-refractivity contribution in [3.05, 3.63) is 28.8 Å². The Morgan fingerprint density at radius 2 is 1.88 bits per heavy atom. The summed E-state index contributed by atoms with van der Waals surface area (Å²) < 4.78 is 39.2. The minimum atomic E-state index is -4.64. The first-order chi connectivity index (χ1) is 11.6. The second kappa shape index (κ2) is 8.92. The van der Waals surface area contributed by atoms with Gasteiger partial charge in [0.05, 0.1) is 23.2 Å². The fourth-order valence-corrected chi connectivity index (χ4v) is 2.97. The molecular weight excluding hydrogens is 396 g/mol. The number of aliphatic carboxylic acids is 1. The van der Waals surface area contributed by atoms with Gasteiger partial charge in [0.15, 0.2) is 0 Å². The summed E-state index contributed by atoms with van der Waals surface area (Å²) in [5.74, 6) is -1.89. The summed E-state index contributed by atoms with van der Waals surface area (Å²) in [6.45, 7) is 2.39. The van der Waals surface area contributed by atoms with E-state index >= 15 is 0 Å². The average Bonchev–Trinajstić information content (AvgIpc) is 2.54. The van der Waals surface area contributed by atoms with Crippen LogP contribution in [0, 0.1) is 5.92 Å². The Labute approximate surface area is 159 Å². The largest absolute Gasteiger partial charge is 0.481 e. The van der Waals surface area contributed by atoms with Crippen LogP contribution in [0.25, 0.3) is 0 Å². The summed E-state index contributed by atoms with van der Waals surface area (Å²) in [7, 11) is 0. The van der Waals surface area contributed by atoms with Crippen LogP contribution in [0.2, 0.25) is 5.02 Å². The highest BCUT2D eigenvalue weighted by Crippen LogP contribution is 2.36. The predicted octanol–water partition coefficient (Wildman–Crippen LogP) is 3.90. The standard InChI is InChI=1S/C16H18ClF3N2O3.ClH/c1-9(22-6-4-10(5-7-22)15(24)25)14(23)21-13-3-2-11(17)8-12(13)16(18,19)20;/h2-3,8-10H,4-7H2,1H3,(H,21,23)(H,24,25);1H. The molecule has 10 heteroatoms. The Morgan fingerprint density at radius 3 is 2.38 bits per heavy atom. The maximum absolute atomic E-state index is 13.1. The maximum atomic E-state index is 13.1. The molecule has 2 N–H and O–H groups in total. The summed E-state index contributed by atoms with van der Waals surface area (Å²) in [6.07, 6.45) is -3.83. The number of piperidine rings is 1. The number of carboxylic acids is 1. The first-order valence-corrected chi connectivity index (χ1v) is 8.12. The fourth-order valence-electron chi connectivity index (χ4n) is 2.80. The van der Waals surface area contributed by atoms with Crippen molar-refractivity contribution in [1.82, 2.24) is 4.90 Å². The first kappa shape index (κ1) is 22.5. The van der Waals surface area contributed by atoms with Crippen molar-refractivity contribution in [2.45, 2.75) is 32.0 Å². The van der Waals surface area contributed by atoms with Crippen molar-refractivity contribution in [2.24, 2.45) is 5.92 Å². The Kier molecular flexibility index (Phi) is 7.73. The molecule has 1 amide bonds. The molecule has 146 valence electrons. The Balaban J connectivity index is 0.00000338. The van der Waals surface area contributed by atoms with Crippen LogP contribution in [0.15, 0.2) is 18.2 Å². The van der Waals surface area contributed by atoms with Gasteiger partial charge in [-0.05, 0) is 51.1 Å². The number of alkyl halides is 3. The van der Waals surface area contributed by atoms with Crippen LogP contribution in [-0.2, 0) is 15.8 Å². The summed E-state index contributed by atoms with van der Waals surface area (Å²) in [5.41, 5.74) is -1.36. The number of rotatable bonds is 4. The lowest BCUT2D eigenvalue weighted by Crippen LogP contribution is -2.47. The number of benzene rings is 1. The van der Waals surface area contributed by atoms with Gasteiger partial charge in [-0.3, -0.25) is 14.5 Å². The Morgan fingerprint density at radius 1 is 1.31 bits per heavy atom. The third-order valence-corrected chi connectivity index (χ3v) is 4.59. The number of likely N-dealkylation sites (tertiary alicyclic amines) is 1. The molecule has 2 rings (SSSR count). The molecule has 0 bridgehead atoms. The number of halogens is 5. The second-order valence-electron chi connectivity index (χ2n) is 6.00. The van der Waals surface area contributed by atoms with E-state index in [1.54, 1.807) is 11.8 Å². The number of carbonyl (C=O) groups excluding carboxylic acids is 1. The number of hydrogen-bond acceptors (Lipinski definition) is 3. The van der Waals surface area contributed by atoms with Crippen molar-refractivity contribution < 1.29 is 27.9 Å². The molecule has 0 saturated carbocycles. The van der Waals surface area contributed by atoms with E-state index in [1.807, 2.05) is 0 Å². The highest BCUT2D eigenvalue weighted by molar-refractivity contribution is 6.30. The highest BCUT2D eigenvalue weighted by Gasteiger charge is 2.35. The van der Waals surface area contributed by atoms with Gasteiger partial charge in [-0.15, -0.1) is 12.4 Å². The molecule has 26 heavy (non-hydrogen) atoms. The van der Waals surface area contributed by atoms with Gasteiger partial charge in [-0.2, -0.15) is 13.2 Å². The number of nitrogens with zero attached hydrogens (tertiary/aromatic N) is 1. The van der Waals surface area contributed by atoms with E-state index in [0.29, 0.717) is 25.9 Å². The number of carbonyl (C=O) groups is 2. The lowest BCUT2D eigenvalue weighted by molar-refractivity contribution is -0.143. The molecule has 1 aromatic rings. The average molecular weight is 415 g/mol. The zero-order chi connectivity index (χ0) is 18.8. The topological polar surface area (TPSA) is 69.6 Å². The minimum Gasteiger partial charge on any atom is -0.481 e. The molecular formula is C16H19Cl2F3N2O3. The summed E-state index contributed by atoms with van der Waals surface area (Å²) >= 11 is 5.61. The van der Waals surface area contributed by atoms with Crippen molar-refractivity contribution in [1.29, 1.82) is 0 Å². The summed E-state index contributed by atoms with van der Waals surface area (Å²) in [4.78, 5) is 25.0. The van der Waals surface area contributed by atoms with E-state index in [4.69, 9.17) is 16.7 Å². The number of carboxylic acid groups (broad SMARTS) is 1. The third-order valence-electron chi connectivity index (χ3n) is 4.35. The highest BCUT2D eigenvalue weighted by atomic mass is 35.5. The molecule has 1 unspecified atom stereocenters. The van der Waals surface area contributed by atoms with Crippen LogP contribution in [0.1, 0.15) is 25.3 Å². The van der Waals surface area contributed by atoms with Gasteiger partial charge in [0, 0.05) is 5.02 Å². The normalized spacial score (nSPS) is 17.3. The first-order valence-electron chi connectivity index (χ1n) is 7.74. The van der Waals surface area contributed by atoms with Gasteiger partial charge in [-0.25, -0.2) is 0 Å². The molecule has 1 heterocycles. The molecule has 1 aliphatic rings. The molecule has 0 spiro atoms. The summed E-state index contributed by atoms with van der Waals surface area (Å²) in [5, 5.41) is 11.2. The van der Waals surface area contributed by atoms with Crippen LogP contribution in [0.5, 0.6) is 0 Å². The molecule has 0 aliphatic carbocycles. The monoisotopic (exact) mass is 414 g/mol. The third kappa shape index (κ3) is 5.49. The van der Waals surface area contributed by atoms with Gasteiger partial charge in [-0.1, -0.05) is 11.6 Å². The van der Waals surface area contributed by atoms with Crippen LogP contribution < -0.4 is 5.32 Å². The van der Waals surface area contributed by atoms with E-state index in [9.17, 15) is 22.8 Å². The molecule has 0 radical (unpaired) electrons. The van der Waals surface area contributed by atoms with E-state index < -0.39 is 35.6 Å². The lowest BCUT2D eigenvalue weighted by Gasteiger charge is -2.34. The Hall–Kier alpha value is -1.51. The van der Waals surface area contributed by atoms with E-state index in [-0.39, 0.29) is 23.1 Å². The zero-order valence-corrected chi connectivity index (χ0v) is 15.4. The molecule has 0 aromatic heterocycles. The molecule has 1 aromatic carbocycles. The minimum absolute atomic E-state index is 0. The molecule has 5 nitrogen and oxygen atoms in total. The lowest BCUT2D eigenvalue weighted by atomic mass is 9.96. The van der Waals surface area contributed by atoms with E-state index in [1.165, 1.54) is 6.07 Å². The SMILES string of the molecule is CC(C(=O)Nc1ccc(Cl)cc1C(F)(F)F)N1CCC(C(=O)O)CC1.Cl. The van der Waals surface area contributed by atoms with Gasteiger partial charge < -0.3 is 10.4 Å². The van der Waals surface area contributed by atoms with E-state index in [2.05, 4.69) is 5.32 Å². The number of amides is 1. The quantitative estimate of drug-likeness (QED) is 0.783. The van der Waals surface area contributed by atoms with Crippen molar-refractivity contribution >= 4 is 41.6 Å². The van der Waals surface area contributed by atoms with Crippen molar-refractivity contribution in [3.63, 3.8) is 0 Å². The zero-order valence-electron chi connectivity index (χ0n) is 13.8. The van der Waals surface area contributed by atoms with Crippen LogP contribution in [-0.4, -0.2) is 41.0 Å². The van der Waals surface area contributed by atoms with Gasteiger partial charge in [0.2, 0.25) is 5.91 Å². The summed E-state index contributed by atoms with van der Waals surface area (Å²) in [6, 6.07) is 2.48. The molecule has 1 atom stereocenters. The molecule has 1 aliphatic heterocycles. The smallest absolute Gasteiger partial charge is 0.418 e. The number of anilines is 1. The fraction of sp³-hybridized carbons (Fsp3) is 0.500.